The first-order valence-corrected chi connectivity index (χ1v) is 10.8. The second kappa shape index (κ2) is 8.63. The highest BCUT2D eigenvalue weighted by molar-refractivity contribution is 5.89. The molecule has 0 heterocycles. The molecule has 0 amide bonds. The minimum Gasteiger partial charge on any atom is -0.462 e. The minimum atomic E-state index is -0.182. The fourth-order valence-corrected chi connectivity index (χ4v) is 6.12. The van der Waals surface area contributed by atoms with Crippen molar-refractivity contribution in [3.05, 3.63) is 47.5 Å². The van der Waals surface area contributed by atoms with Gasteiger partial charge in [0, 0.05) is 5.92 Å². The van der Waals surface area contributed by atoms with Crippen molar-refractivity contribution in [1.82, 2.24) is 0 Å². The zero-order valence-corrected chi connectivity index (χ0v) is 17.7. The van der Waals surface area contributed by atoms with Crippen LogP contribution in [0.1, 0.15) is 64.2 Å². The van der Waals surface area contributed by atoms with Crippen LogP contribution in [-0.4, -0.2) is 12.6 Å². The Morgan fingerprint density at radius 1 is 1.07 bits per heavy atom. The van der Waals surface area contributed by atoms with Crippen LogP contribution in [0.25, 0.3) is 0 Å². The van der Waals surface area contributed by atoms with E-state index in [9.17, 15) is 4.79 Å². The van der Waals surface area contributed by atoms with Gasteiger partial charge in [0.2, 0.25) is 0 Å². The number of esters is 1. The van der Waals surface area contributed by atoms with Gasteiger partial charge in [0.25, 0.3) is 0 Å². The molecule has 148 valence electrons. The van der Waals surface area contributed by atoms with E-state index < -0.39 is 0 Å². The third-order valence-electron chi connectivity index (χ3n) is 7.57. The summed E-state index contributed by atoms with van der Waals surface area (Å²) in [5.74, 6) is 4.35. The molecule has 1 aromatic rings. The second-order valence-electron chi connectivity index (χ2n) is 9.17. The molecule has 27 heavy (non-hydrogen) atoms. The second-order valence-corrected chi connectivity index (χ2v) is 9.17. The number of allylic oxidation sites excluding steroid dienone is 2. The molecule has 0 N–H and O–H groups in total. The molecule has 7 atom stereocenters. The SMILES string of the molecule is C/C=C(/C)C1[C@@H](COC(=O)c2ccccc2)[C@H]2[C@@H](C[C@@H]1C)[C@@H](C)CC[C@@H]2C. The molecule has 0 spiro atoms. The van der Waals surface area contributed by atoms with Crippen LogP contribution in [-0.2, 0) is 4.74 Å². The Balaban J connectivity index is 1.84. The highest BCUT2D eigenvalue weighted by Crippen LogP contribution is 2.54. The van der Waals surface area contributed by atoms with E-state index in [1.54, 1.807) is 0 Å². The molecule has 1 unspecified atom stereocenters. The maximum atomic E-state index is 12.6. The molecule has 0 radical (unpaired) electrons. The van der Waals surface area contributed by atoms with Gasteiger partial charge >= 0.3 is 5.97 Å². The van der Waals surface area contributed by atoms with Crippen molar-refractivity contribution < 1.29 is 9.53 Å². The molecule has 0 aromatic heterocycles. The molecule has 2 heteroatoms. The van der Waals surface area contributed by atoms with E-state index in [2.05, 4.69) is 40.7 Å². The summed E-state index contributed by atoms with van der Waals surface area (Å²) in [6.45, 7) is 12.2. The van der Waals surface area contributed by atoms with E-state index in [0.29, 0.717) is 41.8 Å². The first kappa shape index (κ1) is 20.2. The molecular formula is C25H36O2. The van der Waals surface area contributed by atoms with Gasteiger partial charge in [-0.15, -0.1) is 0 Å². The third-order valence-corrected chi connectivity index (χ3v) is 7.57. The summed E-state index contributed by atoms with van der Waals surface area (Å²) < 4.78 is 5.91. The van der Waals surface area contributed by atoms with Gasteiger partial charge in [-0.2, -0.15) is 0 Å². The van der Waals surface area contributed by atoms with Crippen molar-refractivity contribution in [3.63, 3.8) is 0 Å². The molecule has 0 aliphatic heterocycles. The Labute approximate surface area is 165 Å². The summed E-state index contributed by atoms with van der Waals surface area (Å²) in [6, 6.07) is 9.41. The van der Waals surface area contributed by atoms with Crippen LogP contribution in [0.15, 0.2) is 42.0 Å². The fourth-order valence-electron chi connectivity index (χ4n) is 6.12. The lowest BCUT2D eigenvalue weighted by molar-refractivity contribution is -0.0558. The molecule has 1 aromatic carbocycles. The van der Waals surface area contributed by atoms with Gasteiger partial charge in [0.15, 0.2) is 0 Å². The average Bonchev–Trinajstić information content (AvgIpc) is 2.68. The van der Waals surface area contributed by atoms with E-state index in [4.69, 9.17) is 4.74 Å². The molecule has 2 aliphatic rings. The number of hydrogen-bond acceptors (Lipinski definition) is 2. The zero-order chi connectivity index (χ0) is 19.6. The van der Waals surface area contributed by atoms with Gasteiger partial charge in [-0.25, -0.2) is 4.79 Å². The van der Waals surface area contributed by atoms with Crippen molar-refractivity contribution in [2.24, 2.45) is 41.4 Å². The first-order chi connectivity index (χ1) is 12.9. The number of benzene rings is 1. The lowest BCUT2D eigenvalue weighted by Crippen LogP contribution is -2.48. The standard InChI is InChI=1S/C25H36O2/c1-6-16(2)23-19(5)14-21-17(3)12-13-18(4)24(21)22(23)15-27-25(26)20-10-8-7-9-11-20/h6-11,17-19,21-24H,12-15H2,1-5H3/b16-6-/t17-,18-,19-,21-,22+,23?,24+/m0/s1. The van der Waals surface area contributed by atoms with Gasteiger partial charge in [-0.3, -0.25) is 0 Å². The predicted octanol–water partition coefficient (Wildman–Crippen LogP) is 6.38. The van der Waals surface area contributed by atoms with Crippen molar-refractivity contribution in [2.75, 3.05) is 6.61 Å². The monoisotopic (exact) mass is 368 g/mol. The third kappa shape index (κ3) is 4.15. The highest BCUT2D eigenvalue weighted by atomic mass is 16.5. The molecule has 0 bridgehead atoms. The van der Waals surface area contributed by atoms with Gasteiger partial charge in [-0.05, 0) is 67.9 Å². The number of ether oxygens (including phenoxy) is 1. The lowest BCUT2D eigenvalue weighted by Gasteiger charge is -2.53. The number of carbonyl (C=O) groups is 1. The van der Waals surface area contributed by atoms with Crippen LogP contribution in [0.2, 0.25) is 0 Å². The molecule has 3 rings (SSSR count). The van der Waals surface area contributed by atoms with Gasteiger partial charge in [0.05, 0.1) is 12.2 Å². The van der Waals surface area contributed by atoms with E-state index >= 15 is 0 Å². The Morgan fingerprint density at radius 3 is 2.41 bits per heavy atom. The molecular weight excluding hydrogens is 332 g/mol. The van der Waals surface area contributed by atoms with Crippen molar-refractivity contribution in [3.8, 4) is 0 Å². The minimum absolute atomic E-state index is 0.182. The molecule has 0 saturated heterocycles. The average molecular weight is 369 g/mol. The largest absolute Gasteiger partial charge is 0.462 e. The van der Waals surface area contributed by atoms with Crippen molar-refractivity contribution in [1.29, 1.82) is 0 Å². The van der Waals surface area contributed by atoms with Gasteiger partial charge in [0.1, 0.15) is 0 Å². The highest BCUT2D eigenvalue weighted by Gasteiger charge is 2.49. The van der Waals surface area contributed by atoms with Crippen LogP contribution in [0.5, 0.6) is 0 Å². The van der Waals surface area contributed by atoms with Crippen molar-refractivity contribution in [2.45, 2.75) is 53.9 Å². The topological polar surface area (TPSA) is 26.3 Å². The molecule has 2 aliphatic carbocycles. The zero-order valence-electron chi connectivity index (χ0n) is 17.7. The molecule has 2 fully saturated rings. The molecule has 2 nitrogen and oxygen atoms in total. The smallest absolute Gasteiger partial charge is 0.338 e. The van der Waals surface area contributed by atoms with E-state index in [1.807, 2.05) is 30.3 Å². The van der Waals surface area contributed by atoms with Crippen molar-refractivity contribution >= 4 is 5.97 Å². The Hall–Kier alpha value is -1.57. The van der Waals surface area contributed by atoms with Crippen LogP contribution in [0, 0.1) is 41.4 Å². The summed E-state index contributed by atoms with van der Waals surface area (Å²) in [4.78, 5) is 12.6. The lowest BCUT2D eigenvalue weighted by atomic mass is 9.52. The predicted molar refractivity (Wildman–Crippen MR) is 111 cm³/mol. The van der Waals surface area contributed by atoms with Crippen LogP contribution in [0.4, 0.5) is 0 Å². The Bertz CT molecular complexity index is 662. The number of fused-ring (bicyclic) bond motifs is 1. The first-order valence-electron chi connectivity index (χ1n) is 10.8. The maximum absolute atomic E-state index is 12.6. The summed E-state index contributed by atoms with van der Waals surface area (Å²) in [7, 11) is 0. The van der Waals surface area contributed by atoms with E-state index in [-0.39, 0.29) is 5.97 Å². The number of hydrogen-bond donors (Lipinski definition) is 0. The summed E-state index contributed by atoms with van der Waals surface area (Å²) >= 11 is 0. The summed E-state index contributed by atoms with van der Waals surface area (Å²) in [5, 5.41) is 0. The Kier molecular flexibility index (Phi) is 6.44. The van der Waals surface area contributed by atoms with E-state index in [1.165, 1.54) is 24.8 Å². The van der Waals surface area contributed by atoms with Gasteiger partial charge in [-0.1, -0.05) is 63.5 Å². The van der Waals surface area contributed by atoms with Crippen LogP contribution < -0.4 is 0 Å². The van der Waals surface area contributed by atoms with Crippen LogP contribution >= 0.6 is 0 Å². The number of rotatable bonds is 4. The normalized spacial score (nSPS) is 36.8. The fraction of sp³-hybridized carbons (Fsp3) is 0.640. The maximum Gasteiger partial charge on any atom is 0.338 e. The van der Waals surface area contributed by atoms with Crippen LogP contribution in [0.3, 0.4) is 0 Å². The number of carbonyl (C=O) groups excluding carboxylic acids is 1. The van der Waals surface area contributed by atoms with E-state index in [0.717, 1.165) is 11.8 Å². The Morgan fingerprint density at radius 2 is 1.74 bits per heavy atom. The summed E-state index contributed by atoms with van der Waals surface area (Å²) in [6.07, 6.45) is 6.24. The summed E-state index contributed by atoms with van der Waals surface area (Å²) in [5.41, 5.74) is 2.12. The molecule has 2 saturated carbocycles. The van der Waals surface area contributed by atoms with Gasteiger partial charge < -0.3 is 4.74 Å². The quantitative estimate of drug-likeness (QED) is 0.455.